The Morgan fingerprint density at radius 1 is 1.12 bits per heavy atom. The summed E-state index contributed by atoms with van der Waals surface area (Å²) in [6, 6.07) is 13.6. The van der Waals surface area contributed by atoms with Gasteiger partial charge in [-0.25, -0.2) is 9.07 Å². The topological polar surface area (TPSA) is 90.0 Å². The van der Waals surface area contributed by atoms with Gasteiger partial charge >= 0.3 is 0 Å². The van der Waals surface area contributed by atoms with Crippen LogP contribution in [-0.4, -0.2) is 21.6 Å². The number of primary amides is 1. The molecule has 0 bridgehead atoms. The van der Waals surface area contributed by atoms with Crippen molar-refractivity contribution in [3.8, 4) is 5.69 Å². The number of aromatic nitrogens is 2. The number of carbonyl (C=O) groups excluding carboxylic acids is 2. The second-order valence-electron chi connectivity index (χ2n) is 5.75. The quantitative estimate of drug-likeness (QED) is 0.738. The van der Waals surface area contributed by atoms with Crippen molar-refractivity contribution < 1.29 is 14.0 Å². The van der Waals surface area contributed by atoms with Crippen LogP contribution in [0, 0.1) is 12.7 Å². The van der Waals surface area contributed by atoms with E-state index >= 15 is 0 Å². The Morgan fingerprint density at radius 2 is 1.77 bits per heavy atom. The highest BCUT2D eigenvalue weighted by molar-refractivity contribution is 5.98. The van der Waals surface area contributed by atoms with Gasteiger partial charge in [-0.05, 0) is 36.8 Å². The number of rotatable bonds is 5. The Balaban J connectivity index is 1.86. The average Bonchev–Trinajstić information content (AvgIpc) is 3.02. The number of halogens is 1. The van der Waals surface area contributed by atoms with E-state index in [4.69, 9.17) is 5.73 Å². The molecule has 1 atom stereocenters. The number of nitrogens with two attached hydrogens (primary N) is 1. The maximum atomic E-state index is 13.1. The molecule has 1 unspecified atom stereocenters. The third kappa shape index (κ3) is 3.46. The smallest absolute Gasteiger partial charge is 0.255 e. The molecule has 7 heteroatoms. The van der Waals surface area contributed by atoms with Gasteiger partial charge in [0.15, 0.2) is 0 Å². The van der Waals surface area contributed by atoms with Crippen LogP contribution in [-0.2, 0) is 4.79 Å². The van der Waals surface area contributed by atoms with Gasteiger partial charge in [0.1, 0.15) is 11.9 Å². The van der Waals surface area contributed by atoms with E-state index in [0.717, 1.165) is 0 Å². The van der Waals surface area contributed by atoms with Crippen LogP contribution < -0.4 is 11.1 Å². The molecule has 0 aliphatic heterocycles. The maximum Gasteiger partial charge on any atom is 0.255 e. The summed E-state index contributed by atoms with van der Waals surface area (Å²) in [5, 5.41) is 6.82. The average molecular weight is 352 g/mol. The summed E-state index contributed by atoms with van der Waals surface area (Å²) in [4.78, 5) is 24.4. The zero-order valence-corrected chi connectivity index (χ0v) is 14.0. The molecule has 0 spiro atoms. The fraction of sp³-hybridized carbons (Fsp3) is 0.105. The summed E-state index contributed by atoms with van der Waals surface area (Å²) in [5.41, 5.74) is 7.51. The molecule has 0 fully saturated rings. The largest absolute Gasteiger partial charge is 0.368 e. The first kappa shape index (κ1) is 17.3. The van der Waals surface area contributed by atoms with Gasteiger partial charge in [0.2, 0.25) is 5.91 Å². The predicted octanol–water partition coefficient (Wildman–Crippen LogP) is 2.28. The van der Waals surface area contributed by atoms with Crippen molar-refractivity contribution in [3.63, 3.8) is 0 Å². The van der Waals surface area contributed by atoms with Crippen LogP contribution in [0.1, 0.15) is 27.7 Å². The molecule has 2 amide bonds. The Kier molecular flexibility index (Phi) is 4.79. The minimum atomic E-state index is -0.947. The molecule has 132 valence electrons. The molecule has 1 aromatic heterocycles. The van der Waals surface area contributed by atoms with E-state index < -0.39 is 17.9 Å². The highest BCUT2D eigenvalue weighted by Gasteiger charge is 2.23. The molecule has 3 rings (SSSR count). The lowest BCUT2D eigenvalue weighted by Crippen LogP contribution is -2.37. The number of hydrogen-bond acceptors (Lipinski definition) is 3. The van der Waals surface area contributed by atoms with Crippen molar-refractivity contribution in [2.45, 2.75) is 13.0 Å². The van der Waals surface area contributed by atoms with Gasteiger partial charge < -0.3 is 11.1 Å². The predicted molar refractivity (Wildman–Crippen MR) is 94.1 cm³/mol. The lowest BCUT2D eigenvalue weighted by Gasteiger charge is -2.15. The van der Waals surface area contributed by atoms with E-state index in [1.165, 1.54) is 23.0 Å². The maximum absolute atomic E-state index is 13.1. The van der Waals surface area contributed by atoms with E-state index in [9.17, 15) is 14.0 Å². The number of hydrogen-bond donors (Lipinski definition) is 2. The first-order chi connectivity index (χ1) is 12.5. The lowest BCUT2D eigenvalue weighted by atomic mass is 10.1. The Morgan fingerprint density at radius 3 is 2.38 bits per heavy atom. The Bertz CT molecular complexity index is 936. The summed E-state index contributed by atoms with van der Waals surface area (Å²) in [5.74, 6) is -1.49. The summed E-state index contributed by atoms with van der Waals surface area (Å²) in [6.07, 6.45) is 1.40. The summed E-state index contributed by atoms with van der Waals surface area (Å²) in [6.45, 7) is 1.72. The minimum Gasteiger partial charge on any atom is -0.368 e. The van der Waals surface area contributed by atoms with Crippen LogP contribution in [0.5, 0.6) is 0 Å². The Hall–Kier alpha value is -3.48. The summed E-state index contributed by atoms with van der Waals surface area (Å²) >= 11 is 0. The van der Waals surface area contributed by atoms with Crippen molar-refractivity contribution in [3.05, 3.63) is 83.4 Å². The van der Waals surface area contributed by atoms with Crippen LogP contribution in [0.2, 0.25) is 0 Å². The normalized spacial score (nSPS) is 11.8. The zero-order valence-electron chi connectivity index (χ0n) is 14.0. The minimum absolute atomic E-state index is 0.302. The van der Waals surface area contributed by atoms with Crippen LogP contribution in [0.4, 0.5) is 4.39 Å². The van der Waals surface area contributed by atoms with Crippen molar-refractivity contribution in [1.29, 1.82) is 0 Å². The summed E-state index contributed by atoms with van der Waals surface area (Å²) in [7, 11) is 0. The number of amides is 2. The fourth-order valence-electron chi connectivity index (χ4n) is 2.65. The first-order valence-corrected chi connectivity index (χ1v) is 7.93. The first-order valence-electron chi connectivity index (χ1n) is 7.93. The van der Waals surface area contributed by atoms with Gasteiger partial charge in [0.05, 0.1) is 23.1 Å². The van der Waals surface area contributed by atoms with E-state index in [1.807, 2.05) is 0 Å². The highest BCUT2D eigenvalue weighted by Crippen LogP contribution is 2.17. The summed E-state index contributed by atoms with van der Waals surface area (Å²) < 4.78 is 14.6. The van der Waals surface area contributed by atoms with Gasteiger partial charge in [-0.15, -0.1) is 0 Å². The molecule has 3 N–H and O–H groups in total. The van der Waals surface area contributed by atoms with Gasteiger partial charge in [-0.2, -0.15) is 5.10 Å². The molecular formula is C19H17FN4O2. The highest BCUT2D eigenvalue weighted by atomic mass is 19.1. The SMILES string of the molecule is Cc1c(C(=O)NC(C(N)=O)c2ccccc2)cnn1-c1ccc(F)cc1. The zero-order chi connectivity index (χ0) is 18.7. The van der Waals surface area contributed by atoms with E-state index in [-0.39, 0.29) is 5.82 Å². The standard InChI is InChI=1S/C19H17FN4O2/c1-12-16(11-22-24(12)15-9-7-14(20)8-10-15)19(26)23-17(18(21)25)13-5-3-2-4-6-13/h2-11,17H,1H3,(H2,21,25)(H,23,26). The van der Waals surface area contributed by atoms with Crippen LogP contribution in [0.15, 0.2) is 60.8 Å². The van der Waals surface area contributed by atoms with Gasteiger partial charge in [0.25, 0.3) is 5.91 Å². The molecule has 1 heterocycles. The van der Waals surface area contributed by atoms with E-state index in [1.54, 1.807) is 49.4 Å². The molecule has 0 radical (unpaired) electrons. The van der Waals surface area contributed by atoms with Crippen molar-refractivity contribution >= 4 is 11.8 Å². The Labute approximate surface area is 149 Å². The molecular weight excluding hydrogens is 335 g/mol. The molecule has 6 nitrogen and oxygen atoms in total. The fourth-order valence-corrected chi connectivity index (χ4v) is 2.65. The van der Waals surface area contributed by atoms with Gasteiger partial charge in [-0.3, -0.25) is 9.59 Å². The van der Waals surface area contributed by atoms with Crippen LogP contribution >= 0.6 is 0 Å². The molecule has 3 aromatic rings. The number of carbonyl (C=O) groups is 2. The third-order valence-corrected chi connectivity index (χ3v) is 4.02. The van der Waals surface area contributed by atoms with Gasteiger partial charge in [0, 0.05) is 0 Å². The third-order valence-electron chi connectivity index (χ3n) is 4.02. The molecule has 0 saturated heterocycles. The van der Waals surface area contributed by atoms with E-state index in [0.29, 0.717) is 22.5 Å². The number of nitrogens with one attached hydrogen (secondary N) is 1. The molecule has 0 aliphatic carbocycles. The molecule has 0 aliphatic rings. The second-order valence-corrected chi connectivity index (χ2v) is 5.75. The molecule has 2 aromatic carbocycles. The lowest BCUT2D eigenvalue weighted by molar-refractivity contribution is -0.120. The van der Waals surface area contributed by atoms with Crippen LogP contribution in [0.3, 0.4) is 0 Å². The van der Waals surface area contributed by atoms with Gasteiger partial charge in [-0.1, -0.05) is 30.3 Å². The molecule has 26 heavy (non-hydrogen) atoms. The van der Waals surface area contributed by atoms with E-state index in [2.05, 4.69) is 10.4 Å². The second kappa shape index (κ2) is 7.18. The van der Waals surface area contributed by atoms with Crippen molar-refractivity contribution in [2.24, 2.45) is 5.73 Å². The number of nitrogens with zero attached hydrogens (tertiary/aromatic N) is 2. The monoisotopic (exact) mass is 352 g/mol. The molecule has 0 saturated carbocycles. The van der Waals surface area contributed by atoms with Crippen molar-refractivity contribution in [2.75, 3.05) is 0 Å². The van der Waals surface area contributed by atoms with Crippen molar-refractivity contribution in [1.82, 2.24) is 15.1 Å². The van der Waals surface area contributed by atoms with Crippen LogP contribution in [0.25, 0.3) is 5.69 Å². The number of benzene rings is 2.